The predicted molar refractivity (Wildman–Crippen MR) is 313 cm³/mol. The first-order valence-electron chi connectivity index (χ1n) is 25.5. The Morgan fingerprint density at radius 2 is 0.635 bits per heavy atom. The molecular formula is C72H42O2. The fourth-order valence-corrected chi connectivity index (χ4v) is 12.7. The minimum atomic E-state index is 0.863. The van der Waals surface area contributed by atoms with Crippen molar-refractivity contribution in [3.05, 3.63) is 255 Å². The fraction of sp³-hybridized carbons (Fsp3) is 0. The monoisotopic (exact) mass is 938 g/mol. The summed E-state index contributed by atoms with van der Waals surface area (Å²) >= 11 is 0. The standard InChI is InChI=1S/C72H42O2/c1-2-17-43(18-3-1)48-36-37-59(50-22-7-6-21-49(48)50)70-55-27-12-14-29-57(55)71(58-30-15-13-28-56(58)70)61-31-16-32-65-72(61)60-35-33-47(42-66(60)74-65)69-53-25-10-8-23-51(53)68(52-24-9-11-26-54(52)69)46-34-38-64-62(40-46)63-39-44-19-4-5-20-45(44)41-67(63)73-64/h1-42H. The summed E-state index contributed by atoms with van der Waals surface area (Å²) in [7, 11) is 0. The van der Waals surface area contributed by atoms with Crippen LogP contribution in [0.4, 0.5) is 0 Å². The van der Waals surface area contributed by atoms with E-state index < -0.39 is 0 Å². The van der Waals surface area contributed by atoms with Crippen LogP contribution in [-0.4, -0.2) is 0 Å². The van der Waals surface area contributed by atoms with Gasteiger partial charge in [-0.3, -0.25) is 0 Å². The lowest BCUT2D eigenvalue weighted by atomic mass is 9.83. The predicted octanol–water partition coefficient (Wildman–Crippen LogP) is 20.7. The molecule has 0 unspecified atom stereocenters. The lowest BCUT2D eigenvalue weighted by Gasteiger charge is -2.20. The summed E-state index contributed by atoms with van der Waals surface area (Å²) < 4.78 is 13.5. The summed E-state index contributed by atoms with van der Waals surface area (Å²) in [5.74, 6) is 0. The van der Waals surface area contributed by atoms with Crippen LogP contribution in [0.5, 0.6) is 0 Å². The molecule has 0 amide bonds. The van der Waals surface area contributed by atoms with E-state index in [4.69, 9.17) is 8.83 Å². The van der Waals surface area contributed by atoms with Gasteiger partial charge in [0.15, 0.2) is 0 Å². The van der Waals surface area contributed by atoms with Crippen molar-refractivity contribution in [2.24, 2.45) is 0 Å². The number of hydrogen-bond acceptors (Lipinski definition) is 2. The average molecular weight is 939 g/mol. The second kappa shape index (κ2) is 15.9. The number of rotatable bonds is 5. The van der Waals surface area contributed by atoms with E-state index in [1.165, 1.54) is 104 Å². The highest BCUT2D eigenvalue weighted by Gasteiger charge is 2.24. The average Bonchev–Trinajstić information content (AvgIpc) is 4.04. The van der Waals surface area contributed by atoms with Crippen molar-refractivity contribution < 1.29 is 8.83 Å². The first-order chi connectivity index (χ1) is 36.7. The van der Waals surface area contributed by atoms with Gasteiger partial charge in [-0.2, -0.15) is 0 Å². The second-order valence-electron chi connectivity index (χ2n) is 19.8. The minimum Gasteiger partial charge on any atom is -0.456 e. The first-order valence-corrected chi connectivity index (χ1v) is 25.5. The molecule has 2 nitrogen and oxygen atoms in total. The topological polar surface area (TPSA) is 26.3 Å². The maximum atomic E-state index is 6.99. The van der Waals surface area contributed by atoms with Crippen LogP contribution < -0.4 is 0 Å². The molecule has 0 bridgehead atoms. The van der Waals surface area contributed by atoms with Crippen LogP contribution in [0.2, 0.25) is 0 Å². The van der Waals surface area contributed by atoms with Crippen molar-refractivity contribution in [2.75, 3.05) is 0 Å². The van der Waals surface area contributed by atoms with Crippen LogP contribution in [0.3, 0.4) is 0 Å². The van der Waals surface area contributed by atoms with Gasteiger partial charge in [0.1, 0.15) is 22.3 Å². The molecule has 0 fully saturated rings. The highest BCUT2D eigenvalue weighted by molar-refractivity contribution is 6.28. The number of furan rings is 2. The van der Waals surface area contributed by atoms with Gasteiger partial charge in [-0.15, -0.1) is 0 Å². The Bertz CT molecular complexity index is 4900. The Kier molecular flexibility index (Phi) is 8.78. The molecule has 16 rings (SSSR count). The lowest BCUT2D eigenvalue weighted by Crippen LogP contribution is -1.93. The van der Waals surface area contributed by atoms with Gasteiger partial charge in [-0.05, 0) is 163 Å². The highest BCUT2D eigenvalue weighted by atomic mass is 16.3. The molecule has 0 radical (unpaired) electrons. The molecule has 74 heavy (non-hydrogen) atoms. The molecular weight excluding hydrogens is 897 g/mol. The van der Waals surface area contributed by atoms with E-state index in [2.05, 4.69) is 255 Å². The molecule has 0 aliphatic rings. The van der Waals surface area contributed by atoms with Gasteiger partial charge in [0, 0.05) is 21.5 Å². The van der Waals surface area contributed by atoms with Gasteiger partial charge in [0.2, 0.25) is 0 Å². The Labute approximate surface area is 425 Å². The van der Waals surface area contributed by atoms with Crippen LogP contribution in [0.15, 0.2) is 264 Å². The Morgan fingerprint density at radius 1 is 0.189 bits per heavy atom. The minimum absolute atomic E-state index is 0.863. The number of hydrogen-bond donors (Lipinski definition) is 0. The van der Waals surface area contributed by atoms with E-state index in [1.54, 1.807) is 0 Å². The zero-order valence-electron chi connectivity index (χ0n) is 40.1. The molecule has 342 valence electrons. The van der Waals surface area contributed by atoms with Gasteiger partial charge < -0.3 is 8.83 Å². The summed E-state index contributed by atoms with van der Waals surface area (Å²) in [6.07, 6.45) is 0. The van der Waals surface area contributed by atoms with E-state index in [-0.39, 0.29) is 0 Å². The summed E-state index contributed by atoms with van der Waals surface area (Å²) in [6.45, 7) is 0. The molecule has 0 saturated heterocycles. The maximum absolute atomic E-state index is 6.99. The maximum Gasteiger partial charge on any atom is 0.136 e. The first kappa shape index (κ1) is 40.9. The van der Waals surface area contributed by atoms with Gasteiger partial charge >= 0.3 is 0 Å². The van der Waals surface area contributed by atoms with Gasteiger partial charge in [-0.25, -0.2) is 0 Å². The van der Waals surface area contributed by atoms with Crippen molar-refractivity contribution >= 4 is 109 Å². The van der Waals surface area contributed by atoms with E-state index >= 15 is 0 Å². The largest absolute Gasteiger partial charge is 0.456 e. The van der Waals surface area contributed by atoms with Crippen LogP contribution in [-0.2, 0) is 0 Å². The van der Waals surface area contributed by atoms with Crippen LogP contribution in [0, 0.1) is 0 Å². The summed E-state index contributed by atoms with van der Waals surface area (Å²) in [6, 6.07) is 93.0. The van der Waals surface area contributed by atoms with Crippen LogP contribution in [0.25, 0.3) is 164 Å². The van der Waals surface area contributed by atoms with E-state index in [9.17, 15) is 0 Å². The van der Waals surface area contributed by atoms with Crippen molar-refractivity contribution in [1.82, 2.24) is 0 Å². The third-order valence-corrected chi connectivity index (χ3v) is 15.8. The summed E-state index contributed by atoms with van der Waals surface area (Å²) in [4.78, 5) is 0. The van der Waals surface area contributed by atoms with Gasteiger partial charge in [0.25, 0.3) is 0 Å². The molecule has 14 aromatic carbocycles. The molecule has 0 atom stereocenters. The summed E-state index contributed by atoms with van der Waals surface area (Å²) in [5, 5.41) is 19.0. The van der Waals surface area contributed by atoms with Crippen molar-refractivity contribution in [3.63, 3.8) is 0 Å². The Balaban J connectivity index is 0.883. The molecule has 2 heteroatoms. The molecule has 0 aliphatic carbocycles. The van der Waals surface area contributed by atoms with Crippen molar-refractivity contribution in [1.29, 1.82) is 0 Å². The molecule has 0 spiro atoms. The smallest absolute Gasteiger partial charge is 0.136 e. The number of fused-ring (bicyclic) bond motifs is 12. The van der Waals surface area contributed by atoms with E-state index in [1.807, 2.05) is 0 Å². The van der Waals surface area contributed by atoms with Crippen molar-refractivity contribution in [3.8, 4) is 55.6 Å². The second-order valence-corrected chi connectivity index (χ2v) is 19.8. The molecule has 0 saturated carbocycles. The zero-order chi connectivity index (χ0) is 48.4. The van der Waals surface area contributed by atoms with Crippen LogP contribution in [0.1, 0.15) is 0 Å². The van der Waals surface area contributed by atoms with Gasteiger partial charge in [-0.1, -0.05) is 212 Å². The number of benzene rings is 14. The molecule has 2 aromatic heterocycles. The third kappa shape index (κ3) is 6.00. The van der Waals surface area contributed by atoms with Crippen LogP contribution >= 0.6 is 0 Å². The SMILES string of the molecule is c1ccc(-c2ccc(-c3c4ccccc4c(-c4cccc5oc6cc(-c7c8ccccc8c(-c8ccc9oc%10cc%11ccccc%11cc%10c9c8)c8ccccc78)ccc6c45)c4ccccc34)c3ccccc23)cc1. The normalized spacial score (nSPS) is 12.1. The lowest BCUT2D eigenvalue weighted by molar-refractivity contribution is 0.669. The van der Waals surface area contributed by atoms with Crippen molar-refractivity contribution in [2.45, 2.75) is 0 Å². The van der Waals surface area contributed by atoms with E-state index in [0.717, 1.165) is 60.6 Å². The molecule has 0 aliphatic heterocycles. The highest BCUT2D eigenvalue weighted by Crippen LogP contribution is 2.50. The Hall–Kier alpha value is -9.76. The Morgan fingerprint density at radius 3 is 1.26 bits per heavy atom. The third-order valence-electron chi connectivity index (χ3n) is 15.8. The summed E-state index contributed by atoms with van der Waals surface area (Å²) in [5.41, 5.74) is 15.5. The zero-order valence-corrected chi connectivity index (χ0v) is 40.1. The van der Waals surface area contributed by atoms with E-state index in [0.29, 0.717) is 0 Å². The molecule has 0 N–H and O–H groups in total. The fourth-order valence-electron chi connectivity index (χ4n) is 12.7. The molecule has 2 heterocycles. The quantitative estimate of drug-likeness (QED) is 0.161. The molecule has 16 aromatic rings. The van der Waals surface area contributed by atoms with Gasteiger partial charge in [0.05, 0.1) is 0 Å².